The predicted molar refractivity (Wildman–Crippen MR) is 117 cm³/mol. The molecule has 0 saturated carbocycles. The van der Waals surface area contributed by atoms with Gasteiger partial charge in [-0.15, -0.1) is 0 Å². The number of likely N-dealkylation sites (N-methyl/N-ethyl adjacent to an activating group) is 1. The van der Waals surface area contributed by atoms with Crippen molar-refractivity contribution in [3.63, 3.8) is 0 Å². The van der Waals surface area contributed by atoms with Gasteiger partial charge in [0.15, 0.2) is 5.96 Å². The second kappa shape index (κ2) is 11.2. The fourth-order valence-electron chi connectivity index (χ4n) is 2.82. The van der Waals surface area contributed by atoms with Gasteiger partial charge in [0.2, 0.25) is 0 Å². The van der Waals surface area contributed by atoms with E-state index >= 15 is 0 Å². The van der Waals surface area contributed by atoms with Crippen LogP contribution in [-0.2, 0) is 6.42 Å². The highest BCUT2D eigenvalue weighted by Crippen LogP contribution is 2.29. The molecule has 0 bridgehead atoms. The molecule has 0 aliphatic carbocycles. The number of aliphatic imine (C=N–C) groups is 1. The van der Waals surface area contributed by atoms with Crippen LogP contribution in [0.3, 0.4) is 0 Å². The molecule has 0 spiro atoms. The minimum absolute atomic E-state index is 0.254. The molecule has 0 aliphatic rings. The van der Waals surface area contributed by atoms with Crippen molar-refractivity contribution in [2.75, 3.05) is 39.2 Å². The molecule has 152 valence electrons. The Bertz CT molecular complexity index is 747. The number of nitrogens with one attached hydrogen (secondary N) is 1. The first kappa shape index (κ1) is 21.6. The minimum Gasteiger partial charge on any atom is -0.494 e. The third kappa shape index (κ3) is 6.78. The average Bonchev–Trinajstić information content (AvgIpc) is 2.68. The molecule has 6 heteroatoms. The molecule has 1 atom stereocenters. The van der Waals surface area contributed by atoms with Gasteiger partial charge in [-0.1, -0.05) is 30.3 Å². The van der Waals surface area contributed by atoms with Gasteiger partial charge < -0.3 is 25.4 Å². The smallest absolute Gasteiger partial charge is 0.193 e. The van der Waals surface area contributed by atoms with Gasteiger partial charge in [-0.2, -0.15) is 0 Å². The van der Waals surface area contributed by atoms with E-state index in [1.165, 1.54) is 5.56 Å². The van der Waals surface area contributed by atoms with E-state index in [9.17, 15) is 0 Å². The van der Waals surface area contributed by atoms with E-state index in [2.05, 4.69) is 53.6 Å². The Kier molecular flexibility index (Phi) is 8.62. The van der Waals surface area contributed by atoms with E-state index in [0.717, 1.165) is 23.6 Å². The molecule has 3 N–H and O–H groups in total. The maximum Gasteiger partial charge on any atom is 0.193 e. The van der Waals surface area contributed by atoms with Crippen LogP contribution >= 0.6 is 0 Å². The summed E-state index contributed by atoms with van der Waals surface area (Å²) in [7, 11) is 4.12. The van der Waals surface area contributed by atoms with Crippen LogP contribution < -0.4 is 20.5 Å². The lowest BCUT2D eigenvalue weighted by Crippen LogP contribution is -2.34. The highest BCUT2D eigenvalue weighted by molar-refractivity contribution is 5.94. The number of hydrogen-bond donors (Lipinski definition) is 2. The van der Waals surface area contributed by atoms with Crippen LogP contribution in [0.1, 0.15) is 19.4 Å². The fraction of sp³-hybridized carbons (Fsp3) is 0.409. The third-order valence-electron chi connectivity index (χ3n) is 4.34. The summed E-state index contributed by atoms with van der Waals surface area (Å²) in [6, 6.07) is 16.3. The summed E-state index contributed by atoms with van der Waals surface area (Å²) in [6.45, 7) is 5.66. The molecule has 0 radical (unpaired) electrons. The molecule has 0 amide bonds. The van der Waals surface area contributed by atoms with E-state index < -0.39 is 0 Å². The molecule has 28 heavy (non-hydrogen) atoms. The fourth-order valence-corrected chi connectivity index (χ4v) is 2.82. The van der Waals surface area contributed by atoms with Crippen LogP contribution in [0.15, 0.2) is 53.5 Å². The molecule has 2 aromatic carbocycles. The Hall–Kier alpha value is -2.73. The van der Waals surface area contributed by atoms with Crippen LogP contribution in [0.5, 0.6) is 11.5 Å². The van der Waals surface area contributed by atoms with Crippen molar-refractivity contribution < 1.29 is 9.47 Å². The van der Waals surface area contributed by atoms with Crippen molar-refractivity contribution in [1.82, 2.24) is 4.90 Å². The quantitative estimate of drug-likeness (QED) is 0.485. The van der Waals surface area contributed by atoms with Crippen molar-refractivity contribution in [1.29, 1.82) is 0 Å². The summed E-state index contributed by atoms with van der Waals surface area (Å²) in [6.07, 6.45) is 0.911. The van der Waals surface area contributed by atoms with Crippen molar-refractivity contribution in [2.24, 2.45) is 10.7 Å². The zero-order valence-corrected chi connectivity index (χ0v) is 17.3. The zero-order valence-electron chi connectivity index (χ0n) is 17.3. The summed E-state index contributed by atoms with van der Waals surface area (Å²) >= 11 is 0. The van der Waals surface area contributed by atoms with Gasteiger partial charge in [0.1, 0.15) is 11.5 Å². The van der Waals surface area contributed by atoms with E-state index in [1.807, 2.05) is 38.1 Å². The number of nitrogens with two attached hydrogens (primary N) is 1. The normalized spacial score (nSPS) is 12.7. The van der Waals surface area contributed by atoms with Crippen molar-refractivity contribution >= 4 is 11.6 Å². The van der Waals surface area contributed by atoms with E-state index in [4.69, 9.17) is 15.2 Å². The lowest BCUT2D eigenvalue weighted by atomic mass is 10.1. The lowest BCUT2D eigenvalue weighted by Gasteiger charge is -2.23. The summed E-state index contributed by atoms with van der Waals surface area (Å²) in [4.78, 5) is 6.73. The summed E-state index contributed by atoms with van der Waals surface area (Å²) in [5, 5.41) is 3.16. The molecule has 0 heterocycles. The first-order valence-corrected chi connectivity index (χ1v) is 9.70. The minimum atomic E-state index is 0.254. The Morgan fingerprint density at radius 1 is 1.07 bits per heavy atom. The number of rotatable bonds is 10. The lowest BCUT2D eigenvalue weighted by molar-refractivity contribution is 0.298. The second-order valence-corrected chi connectivity index (χ2v) is 6.68. The SMILES string of the molecule is CCOc1ccc(OCC)c(NC(N)=NCC(Cc2ccccc2)N(C)C)c1. The van der Waals surface area contributed by atoms with Gasteiger partial charge >= 0.3 is 0 Å². The van der Waals surface area contributed by atoms with Gasteiger partial charge in [0.05, 0.1) is 25.4 Å². The monoisotopic (exact) mass is 384 g/mol. The number of ether oxygens (including phenoxy) is 2. The summed E-state index contributed by atoms with van der Waals surface area (Å²) in [5.74, 6) is 1.84. The molecule has 0 aromatic heterocycles. The molecule has 6 nitrogen and oxygen atoms in total. The molecular formula is C22H32N4O2. The van der Waals surface area contributed by atoms with Crippen LogP contribution in [0.4, 0.5) is 5.69 Å². The molecule has 2 aromatic rings. The van der Waals surface area contributed by atoms with E-state index in [0.29, 0.717) is 25.7 Å². The molecular weight excluding hydrogens is 352 g/mol. The Labute approximate surface area is 168 Å². The number of benzene rings is 2. The van der Waals surface area contributed by atoms with Crippen LogP contribution in [0.2, 0.25) is 0 Å². The molecule has 0 fully saturated rings. The van der Waals surface area contributed by atoms with Gasteiger partial charge in [-0.25, -0.2) is 0 Å². The number of anilines is 1. The third-order valence-corrected chi connectivity index (χ3v) is 4.34. The Morgan fingerprint density at radius 2 is 1.79 bits per heavy atom. The standard InChI is InChI=1S/C22H32N4O2/c1-5-27-19-12-13-21(28-6-2)20(15-19)25-22(23)24-16-18(26(3)4)14-17-10-8-7-9-11-17/h7-13,15,18H,5-6,14,16H2,1-4H3,(H3,23,24,25). The van der Waals surface area contributed by atoms with Gasteiger partial charge in [0.25, 0.3) is 0 Å². The van der Waals surface area contributed by atoms with Crippen LogP contribution in [-0.4, -0.2) is 50.8 Å². The highest BCUT2D eigenvalue weighted by atomic mass is 16.5. The maximum atomic E-state index is 6.16. The maximum absolute atomic E-state index is 6.16. The number of hydrogen-bond acceptors (Lipinski definition) is 4. The van der Waals surface area contributed by atoms with Gasteiger partial charge in [0, 0.05) is 12.1 Å². The molecule has 0 aliphatic heterocycles. The van der Waals surface area contributed by atoms with Crippen LogP contribution in [0, 0.1) is 0 Å². The second-order valence-electron chi connectivity index (χ2n) is 6.68. The van der Waals surface area contributed by atoms with Crippen LogP contribution in [0.25, 0.3) is 0 Å². The predicted octanol–water partition coefficient (Wildman–Crippen LogP) is 3.38. The first-order valence-electron chi connectivity index (χ1n) is 9.70. The number of guanidine groups is 1. The topological polar surface area (TPSA) is 72.1 Å². The van der Waals surface area contributed by atoms with Gasteiger partial charge in [-0.05, 0) is 52.1 Å². The van der Waals surface area contributed by atoms with Crippen molar-refractivity contribution in [3.05, 3.63) is 54.1 Å². The van der Waals surface area contributed by atoms with E-state index in [1.54, 1.807) is 0 Å². The van der Waals surface area contributed by atoms with E-state index in [-0.39, 0.29) is 6.04 Å². The summed E-state index contributed by atoms with van der Waals surface area (Å²) in [5.41, 5.74) is 8.19. The average molecular weight is 385 g/mol. The molecule has 0 saturated heterocycles. The molecule has 2 rings (SSSR count). The van der Waals surface area contributed by atoms with Crippen molar-refractivity contribution in [2.45, 2.75) is 26.3 Å². The zero-order chi connectivity index (χ0) is 20.4. The molecule has 1 unspecified atom stereocenters. The summed E-state index contributed by atoms with van der Waals surface area (Å²) < 4.78 is 11.3. The first-order chi connectivity index (χ1) is 13.5. The largest absolute Gasteiger partial charge is 0.494 e. The number of nitrogens with zero attached hydrogens (tertiary/aromatic N) is 2. The highest BCUT2D eigenvalue weighted by Gasteiger charge is 2.13. The van der Waals surface area contributed by atoms with Gasteiger partial charge in [-0.3, -0.25) is 4.99 Å². The van der Waals surface area contributed by atoms with Crippen molar-refractivity contribution in [3.8, 4) is 11.5 Å². The Morgan fingerprint density at radius 3 is 2.43 bits per heavy atom. The Balaban J connectivity index is 2.08.